The molecule has 18 heavy (non-hydrogen) atoms. The van der Waals surface area contributed by atoms with Crippen LogP contribution in [0.2, 0.25) is 0 Å². The third-order valence-corrected chi connectivity index (χ3v) is 4.20. The van der Waals surface area contributed by atoms with Gasteiger partial charge >= 0.3 is 0 Å². The third kappa shape index (κ3) is 5.33. The lowest BCUT2D eigenvalue weighted by Crippen LogP contribution is -2.40. The highest BCUT2D eigenvalue weighted by Gasteiger charge is 2.14. The van der Waals surface area contributed by atoms with Crippen LogP contribution in [0.4, 0.5) is 0 Å². The van der Waals surface area contributed by atoms with E-state index in [4.69, 9.17) is 5.73 Å². The first-order chi connectivity index (χ1) is 8.36. The zero-order chi connectivity index (χ0) is 11.9. The molecule has 2 fully saturated rings. The Hall–Kier alpha value is 0. The predicted molar refractivity (Wildman–Crippen MR) is 88.5 cm³/mol. The molecular formula is C14H28IN3. The molecule has 1 aliphatic heterocycles. The number of likely N-dealkylation sites (tertiary alicyclic amines) is 1. The molecule has 3 nitrogen and oxygen atoms in total. The van der Waals surface area contributed by atoms with Gasteiger partial charge in [0.25, 0.3) is 0 Å². The fourth-order valence-electron chi connectivity index (χ4n) is 3.10. The van der Waals surface area contributed by atoms with Crippen LogP contribution in [-0.4, -0.2) is 30.5 Å². The van der Waals surface area contributed by atoms with E-state index in [1.165, 1.54) is 57.8 Å². The fourth-order valence-corrected chi connectivity index (χ4v) is 3.10. The molecule has 0 aromatic rings. The number of guanidine groups is 1. The second-order valence-corrected chi connectivity index (χ2v) is 5.58. The molecule has 0 bridgehead atoms. The van der Waals surface area contributed by atoms with Crippen LogP contribution in [-0.2, 0) is 0 Å². The van der Waals surface area contributed by atoms with Crippen molar-refractivity contribution in [2.75, 3.05) is 19.6 Å². The maximum Gasteiger partial charge on any atom is 0.191 e. The fraction of sp³-hybridized carbons (Fsp3) is 0.929. The summed E-state index contributed by atoms with van der Waals surface area (Å²) >= 11 is 0. The number of nitrogens with zero attached hydrogens (tertiary/aromatic N) is 2. The van der Waals surface area contributed by atoms with Crippen molar-refractivity contribution >= 4 is 29.9 Å². The highest BCUT2D eigenvalue weighted by Crippen LogP contribution is 2.28. The number of piperidine rings is 1. The topological polar surface area (TPSA) is 41.6 Å². The van der Waals surface area contributed by atoms with E-state index < -0.39 is 0 Å². The zero-order valence-corrected chi connectivity index (χ0v) is 13.8. The van der Waals surface area contributed by atoms with Gasteiger partial charge in [0.2, 0.25) is 0 Å². The van der Waals surface area contributed by atoms with Crippen molar-refractivity contribution in [3.05, 3.63) is 0 Å². The number of nitrogens with two attached hydrogens (primary N) is 1. The summed E-state index contributed by atoms with van der Waals surface area (Å²) < 4.78 is 0. The molecule has 0 unspecified atom stereocenters. The van der Waals surface area contributed by atoms with Crippen molar-refractivity contribution in [1.82, 2.24) is 4.90 Å². The standard InChI is InChI=1S/C14H27N3.HI/c15-14(17-11-4-1-5-12-17)16-10-6-9-13-7-2-3-8-13;/h13H,1-12H2,(H2,15,16);1H. The lowest BCUT2D eigenvalue weighted by atomic mass is 10.0. The highest BCUT2D eigenvalue weighted by molar-refractivity contribution is 14.0. The first-order valence-corrected chi connectivity index (χ1v) is 7.41. The Bertz CT molecular complexity index is 243. The highest BCUT2D eigenvalue weighted by atomic mass is 127. The Morgan fingerprint density at radius 1 is 1.06 bits per heavy atom. The van der Waals surface area contributed by atoms with Gasteiger partial charge in [0.05, 0.1) is 0 Å². The summed E-state index contributed by atoms with van der Waals surface area (Å²) in [7, 11) is 0. The van der Waals surface area contributed by atoms with E-state index in [1.807, 2.05) is 0 Å². The van der Waals surface area contributed by atoms with Gasteiger partial charge in [-0.3, -0.25) is 4.99 Å². The molecule has 1 aliphatic carbocycles. The van der Waals surface area contributed by atoms with E-state index >= 15 is 0 Å². The summed E-state index contributed by atoms with van der Waals surface area (Å²) in [5, 5.41) is 0. The van der Waals surface area contributed by atoms with Gasteiger partial charge in [0.15, 0.2) is 5.96 Å². The molecular weight excluding hydrogens is 337 g/mol. The smallest absolute Gasteiger partial charge is 0.191 e. The van der Waals surface area contributed by atoms with Crippen LogP contribution in [0, 0.1) is 5.92 Å². The Labute approximate surface area is 129 Å². The number of aliphatic imine (C=N–C) groups is 1. The van der Waals surface area contributed by atoms with Crippen LogP contribution >= 0.6 is 24.0 Å². The second-order valence-electron chi connectivity index (χ2n) is 5.58. The van der Waals surface area contributed by atoms with Gasteiger partial charge in [0.1, 0.15) is 0 Å². The van der Waals surface area contributed by atoms with Gasteiger partial charge in [-0.15, -0.1) is 24.0 Å². The molecule has 0 aromatic carbocycles. The van der Waals surface area contributed by atoms with Gasteiger partial charge in [-0.1, -0.05) is 25.7 Å². The van der Waals surface area contributed by atoms with Crippen molar-refractivity contribution in [2.24, 2.45) is 16.6 Å². The van der Waals surface area contributed by atoms with Crippen molar-refractivity contribution < 1.29 is 0 Å². The first-order valence-electron chi connectivity index (χ1n) is 7.41. The van der Waals surface area contributed by atoms with Crippen LogP contribution in [0.5, 0.6) is 0 Å². The molecule has 0 amide bonds. The summed E-state index contributed by atoms with van der Waals surface area (Å²) in [5.41, 5.74) is 6.02. The van der Waals surface area contributed by atoms with Gasteiger partial charge < -0.3 is 10.6 Å². The van der Waals surface area contributed by atoms with E-state index in [9.17, 15) is 0 Å². The minimum atomic E-state index is 0. The Kier molecular flexibility index (Phi) is 8.02. The van der Waals surface area contributed by atoms with E-state index in [2.05, 4.69) is 9.89 Å². The molecule has 2 rings (SSSR count). The van der Waals surface area contributed by atoms with Gasteiger partial charge in [-0.25, -0.2) is 0 Å². The molecule has 0 atom stereocenters. The summed E-state index contributed by atoms with van der Waals surface area (Å²) in [6.45, 7) is 3.15. The van der Waals surface area contributed by atoms with Crippen molar-refractivity contribution in [2.45, 2.75) is 57.8 Å². The SMILES string of the molecule is I.NC(=NCCCC1CCCC1)N1CCCCC1. The molecule has 2 aliphatic rings. The molecule has 1 heterocycles. The first kappa shape index (κ1) is 16.1. The molecule has 0 aromatic heterocycles. The van der Waals surface area contributed by atoms with Crippen LogP contribution in [0.25, 0.3) is 0 Å². The average Bonchev–Trinajstić information content (AvgIpc) is 2.88. The van der Waals surface area contributed by atoms with Crippen molar-refractivity contribution in [3.8, 4) is 0 Å². The van der Waals surface area contributed by atoms with Gasteiger partial charge in [-0.2, -0.15) is 0 Å². The van der Waals surface area contributed by atoms with Gasteiger partial charge in [-0.05, 0) is 38.0 Å². The maximum atomic E-state index is 6.02. The average molecular weight is 365 g/mol. The molecule has 1 saturated heterocycles. The van der Waals surface area contributed by atoms with Crippen LogP contribution in [0.1, 0.15) is 57.8 Å². The van der Waals surface area contributed by atoms with E-state index in [1.54, 1.807) is 0 Å². The molecule has 106 valence electrons. The predicted octanol–water partition coefficient (Wildman–Crippen LogP) is 3.38. The summed E-state index contributed by atoms with van der Waals surface area (Å²) in [6, 6.07) is 0. The summed E-state index contributed by atoms with van der Waals surface area (Å²) in [4.78, 5) is 6.78. The Morgan fingerprint density at radius 2 is 1.72 bits per heavy atom. The third-order valence-electron chi connectivity index (χ3n) is 4.20. The Morgan fingerprint density at radius 3 is 2.39 bits per heavy atom. The van der Waals surface area contributed by atoms with E-state index in [0.29, 0.717) is 0 Å². The summed E-state index contributed by atoms with van der Waals surface area (Å²) in [6.07, 6.45) is 12.3. The van der Waals surface area contributed by atoms with Crippen LogP contribution in [0.3, 0.4) is 0 Å². The largest absolute Gasteiger partial charge is 0.370 e. The minimum absolute atomic E-state index is 0. The molecule has 1 saturated carbocycles. The minimum Gasteiger partial charge on any atom is -0.370 e. The van der Waals surface area contributed by atoms with Crippen molar-refractivity contribution in [3.63, 3.8) is 0 Å². The molecule has 0 radical (unpaired) electrons. The second kappa shape index (κ2) is 8.99. The van der Waals surface area contributed by atoms with Crippen LogP contribution < -0.4 is 5.73 Å². The quantitative estimate of drug-likeness (QED) is 0.359. The molecule has 4 heteroatoms. The normalized spacial score (nSPS) is 22.0. The summed E-state index contributed by atoms with van der Waals surface area (Å²) in [5.74, 6) is 1.78. The maximum absolute atomic E-state index is 6.02. The number of rotatable bonds is 4. The monoisotopic (exact) mass is 365 g/mol. The number of hydrogen-bond acceptors (Lipinski definition) is 1. The number of hydrogen-bond donors (Lipinski definition) is 1. The zero-order valence-electron chi connectivity index (χ0n) is 11.4. The lowest BCUT2D eigenvalue weighted by molar-refractivity contribution is 0.338. The molecule has 0 spiro atoms. The number of halogens is 1. The van der Waals surface area contributed by atoms with Gasteiger partial charge in [0, 0.05) is 19.6 Å². The van der Waals surface area contributed by atoms with Crippen LogP contribution in [0.15, 0.2) is 4.99 Å². The van der Waals surface area contributed by atoms with E-state index in [0.717, 1.165) is 31.5 Å². The van der Waals surface area contributed by atoms with Crippen molar-refractivity contribution in [1.29, 1.82) is 0 Å². The molecule has 2 N–H and O–H groups in total. The Balaban J connectivity index is 0.00000162. The lowest BCUT2D eigenvalue weighted by Gasteiger charge is -2.27. The van der Waals surface area contributed by atoms with E-state index in [-0.39, 0.29) is 24.0 Å².